The lowest BCUT2D eigenvalue weighted by Crippen LogP contribution is -2.72. The standard InChI is InChI=1S/C14H38F4Si6/c1-19(2,3)13(20(4,5)6)23(15,16)24(17,18)14(21(7,8)9)22(10,11)12/h13-14H,1-12H3. The van der Waals surface area contributed by atoms with E-state index in [1.54, 1.807) is 0 Å². The summed E-state index contributed by atoms with van der Waals surface area (Å²) in [7, 11) is -20.7. The molecular formula is C14H38F4Si6. The van der Waals surface area contributed by atoms with Crippen molar-refractivity contribution in [1.29, 1.82) is 0 Å². The first-order valence-electron chi connectivity index (χ1n) is 8.74. The molecule has 0 rings (SSSR count). The molecule has 10 heteroatoms. The van der Waals surface area contributed by atoms with Crippen molar-refractivity contribution in [3.05, 3.63) is 0 Å². The van der Waals surface area contributed by atoms with Crippen molar-refractivity contribution in [3.63, 3.8) is 0 Å². The van der Waals surface area contributed by atoms with Gasteiger partial charge in [0, 0.05) is 41.9 Å². The lowest BCUT2D eigenvalue weighted by molar-refractivity contribution is 0.550. The molecule has 0 unspecified atom stereocenters. The molecule has 0 aliphatic heterocycles. The van der Waals surface area contributed by atoms with Crippen molar-refractivity contribution in [3.8, 4) is 0 Å². The van der Waals surface area contributed by atoms with Crippen molar-refractivity contribution in [2.45, 2.75) is 88.1 Å². The predicted molar refractivity (Wildman–Crippen MR) is 117 cm³/mol. The second-order valence-electron chi connectivity index (χ2n) is 11.6. The summed E-state index contributed by atoms with van der Waals surface area (Å²) in [6.45, 7) is 22.5. The van der Waals surface area contributed by atoms with Crippen LogP contribution in [0.3, 0.4) is 0 Å². The first kappa shape index (κ1) is 25.0. The van der Waals surface area contributed by atoms with Gasteiger partial charge in [-0.15, -0.1) is 0 Å². The molecule has 0 nitrogen and oxygen atoms in total. The van der Waals surface area contributed by atoms with Crippen molar-refractivity contribution < 1.29 is 16.4 Å². The van der Waals surface area contributed by atoms with Crippen LogP contribution in [0.1, 0.15) is 0 Å². The molecule has 146 valence electrons. The quantitative estimate of drug-likeness (QED) is 0.221. The predicted octanol–water partition coefficient (Wildman–Crippen LogP) is 7.08. The Hall–Kier alpha value is 1.02. The molecule has 0 spiro atoms. The summed E-state index contributed by atoms with van der Waals surface area (Å²) in [6, 6.07) is 0. The fourth-order valence-corrected chi connectivity index (χ4v) is 68.9. The fraction of sp³-hybridized carbons (Fsp3) is 1.00. The first-order chi connectivity index (χ1) is 9.98. The molecule has 0 heterocycles. The van der Waals surface area contributed by atoms with Crippen LogP contribution in [-0.4, -0.2) is 48.8 Å². The molecule has 0 amide bonds. The summed E-state index contributed by atoms with van der Waals surface area (Å²) in [6.07, 6.45) is 0. The third-order valence-electron chi connectivity index (χ3n) is 4.63. The van der Waals surface area contributed by atoms with Gasteiger partial charge >= 0.3 is 16.5 Å². The van der Waals surface area contributed by atoms with Crippen LogP contribution in [0, 0.1) is 0 Å². The van der Waals surface area contributed by atoms with E-state index in [-0.39, 0.29) is 0 Å². The number of halogens is 4. The average molecular weight is 451 g/mol. The van der Waals surface area contributed by atoms with E-state index in [1.165, 1.54) is 0 Å². The highest BCUT2D eigenvalue weighted by Gasteiger charge is 2.78. The molecule has 0 aliphatic rings. The van der Waals surface area contributed by atoms with E-state index in [1.807, 2.05) is 78.6 Å². The van der Waals surface area contributed by atoms with E-state index in [0.717, 1.165) is 0 Å². The normalized spacial score (nSPS) is 16.2. The Kier molecular flexibility index (Phi) is 7.17. The van der Waals surface area contributed by atoms with E-state index in [9.17, 15) is 0 Å². The second-order valence-corrected chi connectivity index (χ2v) is 43.9. The molecule has 0 saturated carbocycles. The minimum absolute atomic E-state index is 0.936. The first-order valence-corrected chi connectivity index (χ1v) is 27.7. The zero-order chi connectivity index (χ0) is 20.2. The Labute approximate surface area is 153 Å². The molecule has 24 heavy (non-hydrogen) atoms. The second kappa shape index (κ2) is 6.88. The van der Waals surface area contributed by atoms with Crippen LogP contribution in [0.15, 0.2) is 0 Å². The molecule has 0 atom stereocenters. The molecule has 0 saturated heterocycles. The minimum atomic E-state index is -5.62. The summed E-state index contributed by atoms with van der Waals surface area (Å²) in [4.78, 5) is -1.87. The van der Waals surface area contributed by atoms with E-state index in [2.05, 4.69) is 0 Å². The zero-order valence-corrected chi connectivity index (χ0v) is 23.7. The SMILES string of the molecule is C[Si](C)(C)C([Si](C)(C)C)[Si](F)(F)[Si](F)(F)C([Si](C)(C)C)[Si](C)(C)C. The Morgan fingerprint density at radius 3 is 0.583 bits per heavy atom. The summed E-state index contributed by atoms with van der Waals surface area (Å²) in [5.41, 5.74) is 0. The maximum absolute atomic E-state index is 15.7. The minimum Gasteiger partial charge on any atom is -0.268 e. The highest BCUT2D eigenvalue weighted by atomic mass is 29.3. The number of hydrogen-bond donors (Lipinski definition) is 0. The van der Waals surface area contributed by atoms with Crippen molar-refractivity contribution in [2.24, 2.45) is 0 Å². The summed E-state index contributed by atoms with van der Waals surface area (Å²) in [5.74, 6) is 0. The monoisotopic (exact) mass is 450 g/mol. The van der Waals surface area contributed by atoms with Gasteiger partial charge in [-0.1, -0.05) is 78.6 Å². The number of hydrogen-bond acceptors (Lipinski definition) is 0. The largest absolute Gasteiger partial charge is 0.474 e. The highest BCUT2D eigenvalue weighted by Crippen LogP contribution is 2.53. The van der Waals surface area contributed by atoms with Gasteiger partial charge < -0.3 is 0 Å². The van der Waals surface area contributed by atoms with Gasteiger partial charge in [-0.25, -0.2) is 0 Å². The van der Waals surface area contributed by atoms with Gasteiger partial charge in [-0.05, 0) is 0 Å². The van der Waals surface area contributed by atoms with Crippen molar-refractivity contribution in [2.75, 3.05) is 0 Å². The summed E-state index contributed by atoms with van der Waals surface area (Å²) in [5, 5.41) is 0. The van der Waals surface area contributed by atoms with Gasteiger partial charge in [0.05, 0.1) is 0 Å². The maximum atomic E-state index is 15.7. The van der Waals surface area contributed by atoms with E-state index in [4.69, 9.17) is 0 Å². The van der Waals surface area contributed by atoms with Crippen molar-refractivity contribution in [1.82, 2.24) is 0 Å². The molecule has 0 aromatic rings. The van der Waals surface area contributed by atoms with Crippen LogP contribution in [0.25, 0.3) is 0 Å². The van der Waals surface area contributed by atoms with Gasteiger partial charge in [-0.3, -0.25) is 16.4 Å². The third kappa shape index (κ3) is 5.27. The fourth-order valence-electron chi connectivity index (χ4n) is 5.16. The van der Waals surface area contributed by atoms with Crippen LogP contribution >= 0.6 is 0 Å². The topological polar surface area (TPSA) is 0 Å². The highest BCUT2D eigenvalue weighted by molar-refractivity contribution is 7.43. The van der Waals surface area contributed by atoms with E-state index < -0.39 is 58.4 Å². The van der Waals surface area contributed by atoms with Crippen LogP contribution in [0.4, 0.5) is 16.4 Å². The Bertz CT molecular complexity index is 370. The maximum Gasteiger partial charge on any atom is 0.474 e. The van der Waals surface area contributed by atoms with E-state index >= 15 is 16.4 Å². The van der Waals surface area contributed by atoms with E-state index in [0.29, 0.717) is 0 Å². The lowest BCUT2D eigenvalue weighted by Gasteiger charge is -2.49. The Morgan fingerprint density at radius 2 is 0.500 bits per heavy atom. The molecule has 0 aromatic carbocycles. The van der Waals surface area contributed by atoms with Gasteiger partial charge in [0.1, 0.15) is 0 Å². The lowest BCUT2D eigenvalue weighted by atomic mass is 11.7. The molecule has 0 fully saturated rings. The van der Waals surface area contributed by atoms with Gasteiger partial charge in [-0.2, -0.15) is 0 Å². The molecule has 0 N–H and O–H groups in total. The van der Waals surface area contributed by atoms with Crippen LogP contribution in [0.5, 0.6) is 0 Å². The van der Waals surface area contributed by atoms with Crippen LogP contribution < -0.4 is 0 Å². The molecular weight excluding hydrogens is 413 g/mol. The van der Waals surface area contributed by atoms with Crippen LogP contribution in [-0.2, 0) is 0 Å². The molecule has 0 bridgehead atoms. The summed E-state index contributed by atoms with van der Waals surface area (Å²) < 4.78 is 62.9. The molecule has 0 aromatic heterocycles. The molecule has 0 radical (unpaired) electrons. The Balaban J connectivity index is 6.50. The summed E-state index contributed by atoms with van der Waals surface area (Å²) >= 11 is 0. The average Bonchev–Trinajstić information content (AvgIpc) is 2.02. The van der Waals surface area contributed by atoms with Crippen LogP contribution in [0.2, 0.25) is 88.1 Å². The smallest absolute Gasteiger partial charge is 0.268 e. The number of rotatable bonds is 7. The molecule has 0 aliphatic carbocycles. The van der Waals surface area contributed by atoms with Crippen molar-refractivity contribution >= 4 is 48.8 Å². The van der Waals surface area contributed by atoms with Gasteiger partial charge in [0.25, 0.3) is 0 Å². The Morgan fingerprint density at radius 1 is 0.375 bits per heavy atom. The van der Waals surface area contributed by atoms with Gasteiger partial charge in [0.2, 0.25) is 0 Å². The zero-order valence-electron chi connectivity index (χ0n) is 17.7. The third-order valence-corrected chi connectivity index (χ3v) is 46.9. The van der Waals surface area contributed by atoms with Gasteiger partial charge in [0.15, 0.2) is 0 Å².